The van der Waals surface area contributed by atoms with Crippen molar-refractivity contribution in [2.45, 2.75) is 39.5 Å². The number of carbonyl (C=O) groups is 1. The van der Waals surface area contributed by atoms with Crippen LogP contribution in [0.3, 0.4) is 0 Å². The van der Waals surface area contributed by atoms with Gasteiger partial charge >= 0.3 is 0 Å². The topological polar surface area (TPSA) is 78.0 Å². The van der Waals surface area contributed by atoms with Gasteiger partial charge in [-0.3, -0.25) is 9.89 Å². The van der Waals surface area contributed by atoms with Crippen molar-refractivity contribution in [3.63, 3.8) is 0 Å². The van der Waals surface area contributed by atoms with E-state index in [-0.39, 0.29) is 24.3 Å². The number of amides is 1. The van der Waals surface area contributed by atoms with Gasteiger partial charge in [0, 0.05) is 30.7 Å². The van der Waals surface area contributed by atoms with E-state index in [1.165, 1.54) is 0 Å². The quantitative estimate of drug-likeness (QED) is 0.696. The molecule has 5 heteroatoms. The first-order valence-corrected chi connectivity index (χ1v) is 8.46. The number of aliphatic hydroxyl groups is 1. The molecule has 0 spiro atoms. The molecular formula is C19H27N3O2. The first-order chi connectivity index (χ1) is 11.5. The Morgan fingerprint density at radius 1 is 1.29 bits per heavy atom. The van der Waals surface area contributed by atoms with E-state index < -0.39 is 0 Å². The zero-order chi connectivity index (χ0) is 17.5. The number of hydrogen-bond acceptors (Lipinski definition) is 3. The summed E-state index contributed by atoms with van der Waals surface area (Å²) in [5.74, 6) is 0.0455. The zero-order valence-corrected chi connectivity index (χ0v) is 14.7. The summed E-state index contributed by atoms with van der Waals surface area (Å²) >= 11 is 0. The molecule has 0 radical (unpaired) electrons. The minimum atomic E-state index is -0.120. The molecule has 0 fully saturated rings. The average molecular weight is 329 g/mol. The third kappa shape index (κ3) is 4.68. The number of carbonyl (C=O) groups excluding carboxylic acids is 1. The van der Waals surface area contributed by atoms with Crippen molar-refractivity contribution in [3.05, 3.63) is 52.8 Å². The SMILES string of the molecule is Cc1n[nH]c(C)c1CC(C)C(=O)NCC(CCO)c1ccccc1. The van der Waals surface area contributed by atoms with Crippen LogP contribution >= 0.6 is 0 Å². The monoisotopic (exact) mass is 329 g/mol. The summed E-state index contributed by atoms with van der Waals surface area (Å²) in [6.45, 7) is 6.52. The smallest absolute Gasteiger partial charge is 0.223 e. The molecule has 0 saturated carbocycles. The highest BCUT2D eigenvalue weighted by Gasteiger charge is 2.19. The molecule has 0 aliphatic heterocycles. The van der Waals surface area contributed by atoms with Crippen LogP contribution in [-0.2, 0) is 11.2 Å². The fourth-order valence-corrected chi connectivity index (χ4v) is 2.94. The average Bonchev–Trinajstić information content (AvgIpc) is 2.91. The number of H-pyrrole nitrogens is 1. The zero-order valence-electron chi connectivity index (χ0n) is 14.7. The summed E-state index contributed by atoms with van der Waals surface area (Å²) in [5.41, 5.74) is 4.23. The lowest BCUT2D eigenvalue weighted by molar-refractivity contribution is -0.124. The first-order valence-electron chi connectivity index (χ1n) is 8.46. The molecular weight excluding hydrogens is 302 g/mol. The summed E-state index contributed by atoms with van der Waals surface area (Å²) in [7, 11) is 0. The first kappa shape index (κ1) is 18.2. The molecule has 0 aliphatic rings. The third-order valence-corrected chi connectivity index (χ3v) is 4.51. The number of aryl methyl sites for hydroxylation is 2. The van der Waals surface area contributed by atoms with Crippen LogP contribution in [0.1, 0.15) is 41.8 Å². The van der Waals surface area contributed by atoms with Gasteiger partial charge < -0.3 is 10.4 Å². The highest BCUT2D eigenvalue weighted by molar-refractivity contribution is 5.78. The van der Waals surface area contributed by atoms with Crippen molar-refractivity contribution >= 4 is 5.91 Å². The fourth-order valence-electron chi connectivity index (χ4n) is 2.94. The van der Waals surface area contributed by atoms with Crippen molar-refractivity contribution in [2.24, 2.45) is 5.92 Å². The van der Waals surface area contributed by atoms with E-state index >= 15 is 0 Å². The van der Waals surface area contributed by atoms with E-state index in [4.69, 9.17) is 0 Å². The molecule has 1 aromatic carbocycles. The number of aromatic amines is 1. The summed E-state index contributed by atoms with van der Waals surface area (Å²) in [4.78, 5) is 12.4. The highest BCUT2D eigenvalue weighted by atomic mass is 16.3. The normalized spacial score (nSPS) is 13.5. The number of benzene rings is 1. The largest absolute Gasteiger partial charge is 0.396 e. The maximum absolute atomic E-state index is 12.4. The van der Waals surface area contributed by atoms with Gasteiger partial charge in [0.25, 0.3) is 0 Å². The van der Waals surface area contributed by atoms with Gasteiger partial charge in [-0.15, -0.1) is 0 Å². The molecule has 2 unspecified atom stereocenters. The maximum atomic E-state index is 12.4. The molecule has 1 aromatic heterocycles. The van der Waals surface area contributed by atoms with Gasteiger partial charge in [-0.2, -0.15) is 5.10 Å². The van der Waals surface area contributed by atoms with E-state index in [9.17, 15) is 9.90 Å². The van der Waals surface area contributed by atoms with Crippen LogP contribution < -0.4 is 5.32 Å². The molecule has 2 rings (SSSR count). The molecule has 5 nitrogen and oxygen atoms in total. The minimum absolute atomic E-state index is 0.0360. The summed E-state index contributed by atoms with van der Waals surface area (Å²) in [6, 6.07) is 10.0. The van der Waals surface area contributed by atoms with E-state index in [0.717, 1.165) is 22.5 Å². The standard InChI is InChI=1S/C19H27N3O2/c1-13(11-18-14(2)21-22-15(18)3)19(24)20-12-17(9-10-23)16-7-5-4-6-8-16/h4-8,13,17,23H,9-12H2,1-3H3,(H,20,24)(H,21,22). The summed E-state index contributed by atoms with van der Waals surface area (Å²) in [5, 5.41) is 19.5. The molecule has 130 valence electrons. The van der Waals surface area contributed by atoms with Gasteiger partial charge in [0.1, 0.15) is 0 Å². The second kappa shape index (κ2) is 8.64. The van der Waals surface area contributed by atoms with Crippen LogP contribution in [0.25, 0.3) is 0 Å². The maximum Gasteiger partial charge on any atom is 0.223 e. The van der Waals surface area contributed by atoms with Gasteiger partial charge in [-0.25, -0.2) is 0 Å². The van der Waals surface area contributed by atoms with Gasteiger partial charge in [-0.05, 0) is 37.8 Å². The molecule has 0 aliphatic carbocycles. The lowest BCUT2D eigenvalue weighted by Crippen LogP contribution is -2.34. The lowest BCUT2D eigenvalue weighted by Gasteiger charge is -2.19. The second-order valence-corrected chi connectivity index (χ2v) is 6.38. The van der Waals surface area contributed by atoms with Crippen LogP contribution in [-0.4, -0.2) is 34.4 Å². The molecule has 3 N–H and O–H groups in total. The van der Waals surface area contributed by atoms with Crippen molar-refractivity contribution in [3.8, 4) is 0 Å². The lowest BCUT2D eigenvalue weighted by atomic mass is 9.95. The Balaban J connectivity index is 1.93. The van der Waals surface area contributed by atoms with Crippen LogP contribution in [0.4, 0.5) is 0 Å². The summed E-state index contributed by atoms with van der Waals surface area (Å²) in [6.07, 6.45) is 1.31. The Hall–Kier alpha value is -2.14. The Labute approximate surface area is 143 Å². The minimum Gasteiger partial charge on any atom is -0.396 e. The van der Waals surface area contributed by atoms with Crippen LogP contribution in [0, 0.1) is 19.8 Å². The third-order valence-electron chi connectivity index (χ3n) is 4.51. The van der Waals surface area contributed by atoms with E-state index in [2.05, 4.69) is 15.5 Å². The van der Waals surface area contributed by atoms with Gasteiger partial charge in [0.15, 0.2) is 0 Å². The predicted molar refractivity (Wildman–Crippen MR) is 94.8 cm³/mol. The van der Waals surface area contributed by atoms with Gasteiger partial charge in [0.2, 0.25) is 5.91 Å². The molecule has 0 saturated heterocycles. The van der Waals surface area contributed by atoms with Crippen molar-refractivity contribution in [2.75, 3.05) is 13.2 Å². The predicted octanol–water partition coefficient (Wildman–Crippen LogP) is 2.49. The molecule has 0 bridgehead atoms. The van der Waals surface area contributed by atoms with Gasteiger partial charge in [0.05, 0.1) is 5.69 Å². The highest BCUT2D eigenvalue weighted by Crippen LogP contribution is 2.19. The van der Waals surface area contributed by atoms with Crippen LogP contribution in [0.15, 0.2) is 30.3 Å². The number of aliphatic hydroxyl groups excluding tert-OH is 1. The molecule has 2 aromatic rings. The summed E-state index contributed by atoms with van der Waals surface area (Å²) < 4.78 is 0. The molecule has 1 amide bonds. The Bertz CT molecular complexity index is 632. The van der Waals surface area contributed by atoms with Crippen LogP contribution in [0.2, 0.25) is 0 Å². The molecule has 2 atom stereocenters. The molecule has 24 heavy (non-hydrogen) atoms. The van der Waals surface area contributed by atoms with Crippen molar-refractivity contribution in [1.29, 1.82) is 0 Å². The number of aromatic nitrogens is 2. The number of hydrogen-bond donors (Lipinski definition) is 3. The number of nitrogens with zero attached hydrogens (tertiary/aromatic N) is 1. The van der Waals surface area contributed by atoms with E-state index in [0.29, 0.717) is 19.4 Å². The van der Waals surface area contributed by atoms with Gasteiger partial charge in [-0.1, -0.05) is 37.3 Å². The number of nitrogens with one attached hydrogen (secondary N) is 2. The molecule has 1 heterocycles. The van der Waals surface area contributed by atoms with Crippen LogP contribution in [0.5, 0.6) is 0 Å². The second-order valence-electron chi connectivity index (χ2n) is 6.38. The Kier molecular flexibility index (Phi) is 6.55. The van der Waals surface area contributed by atoms with Crippen molar-refractivity contribution < 1.29 is 9.90 Å². The van der Waals surface area contributed by atoms with E-state index in [1.807, 2.05) is 51.1 Å². The Morgan fingerprint density at radius 3 is 2.58 bits per heavy atom. The number of rotatable bonds is 8. The fraction of sp³-hybridized carbons (Fsp3) is 0.474. The van der Waals surface area contributed by atoms with Crippen molar-refractivity contribution in [1.82, 2.24) is 15.5 Å². The Morgan fingerprint density at radius 2 is 2.00 bits per heavy atom. The van der Waals surface area contributed by atoms with E-state index in [1.54, 1.807) is 0 Å².